The summed E-state index contributed by atoms with van der Waals surface area (Å²) in [7, 11) is 0. The van der Waals surface area contributed by atoms with Crippen LogP contribution in [0.5, 0.6) is 0 Å². The maximum absolute atomic E-state index is 13.4. The van der Waals surface area contributed by atoms with Gasteiger partial charge in [0.1, 0.15) is 17.8 Å². The maximum Gasteiger partial charge on any atom is 0.416 e. The number of halogens is 4. The zero-order valence-electron chi connectivity index (χ0n) is 7.75. The molecule has 0 spiro atoms. The van der Waals surface area contributed by atoms with E-state index in [1.807, 2.05) is 0 Å². The Kier molecular flexibility index (Phi) is 2.41. The first kappa shape index (κ1) is 10.7. The van der Waals surface area contributed by atoms with Gasteiger partial charge in [-0.1, -0.05) is 5.16 Å². The SMILES string of the molecule is Fc1cc(C(F)(F)F)ccc1-c1ccon1. The molecule has 0 aliphatic carbocycles. The van der Waals surface area contributed by atoms with Crippen molar-refractivity contribution in [3.63, 3.8) is 0 Å². The monoisotopic (exact) mass is 231 g/mol. The van der Waals surface area contributed by atoms with Crippen LogP contribution in [0, 0.1) is 5.82 Å². The van der Waals surface area contributed by atoms with Gasteiger partial charge in [-0.05, 0) is 18.2 Å². The van der Waals surface area contributed by atoms with Crippen LogP contribution in [-0.2, 0) is 6.18 Å². The quantitative estimate of drug-likeness (QED) is 0.702. The van der Waals surface area contributed by atoms with Crippen LogP contribution in [-0.4, -0.2) is 5.16 Å². The summed E-state index contributed by atoms with van der Waals surface area (Å²) >= 11 is 0. The zero-order valence-corrected chi connectivity index (χ0v) is 7.75. The van der Waals surface area contributed by atoms with E-state index in [1.165, 1.54) is 12.3 Å². The summed E-state index contributed by atoms with van der Waals surface area (Å²) in [5.41, 5.74) is -0.898. The molecule has 1 heterocycles. The van der Waals surface area contributed by atoms with Gasteiger partial charge >= 0.3 is 6.18 Å². The van der Waals surface area contributed by atoms with E-state index in [1.54, 1.807) is 0 Å². The van der Waals surface area contributed by atoms with Crippen LogP contribution < -0.4 is 0 Å². The number of rotatable bonds is 1. The van der Waals surface area contributed by atoms with Crippen molar-refractivity contribution in [1.82, 2.24) is 5.16 Å². The van der Waals surface area contributed by atoms with Crippen molar-refractivity contribution in [3.05, 3.63) is 41.9 Å². The molecular weight excluding hydrogens is 226 g/mol. The minimum atomic E-state index is -4.55. The van der Waals surface area contributed by atoms with Crippen molar-refractivity contribution < 1.29 is 22.1 Å². The Morgan fingerprint density at radius 2 is 1.88 bits per heavy atom. The lowest BCUT2D eigenvalue weighted by atomic mass is 10.1. The third-order valence-electron chi connectivity index (χ3n) is 2.01. The number of nitrogens with zero attached hydrogens (tertiary/aromatic N) is 1. The van der Waals surface area contributed by atoms with Gasteiger partial charge in [0.15, 0.2) is 0 Å². The summed E-state index contributed by atoms with van der Waals surface area (Å²) in [4.78, 5) is 0. The Labute approximate surface area is 87.5 Å². The Balaban J connectivity index is 2.46. The summed E-state index contributed by atoms with van der Waals surface area (Å²) in [6, 6.07) is 3.62. The Morgan fingerprint density at radius 3 is 2.38 bits per heavy atom. The van der Waals surface area contributed by atoms with Crippen LogP contribution in [0.25, 0.3) is 11.3 Å². The standard InChI is InChI=1S/C10H5F4NO/c11-8-5-6(10(12,13)14)1-2-7(8)9-3-4-16-15-9/h1-5H. The summed E-state index contributed by atoms with van der Waals surface area (Å²) in [5, 5.41) is 3.44. The van der Waals surface area contributed by atoms with E-state index < -0.39 is 17.6 Å². The molecule has 2 aromatic rings. The summed E-state index contributed by atoms with van der Waals surface area (Å²) < 4.78 is 54.6. The van der Waals surface area contributed by atoms with Gasteiger partial charge in [-0.15, -0.1) is 0 Å². The van der Waals surface area contributed by atoms with E-state index in [4.69, 9.17) is 0 Å². The fraction of sp³-hybridized carbons (Fsp3) is 0.100. The van der Waals surface area contributed by atoms with E-state index in [0.717, 1.165) is 12.1 Å². The van der Waals surface area contributed by atoms with E-state index in [9.17, 15) is 17.6 Å². The van der Waals surface area contributed by atoms with Gasteiger partial charge in [0.25, 0.3) is 0 Å². The molecule has 0 aliphatic heterocycles. The highest BCUT2D eigenvalue weighted by Crippen LogP contribution is 2.32. The third kappa shape index (κ3) is 1.91. The fourth-order valence-electron chi connectivity index (χ4n) is 1.25. The highest BCUT2D eigenvalue weighted by atomic mass is 19.4. The number of benzene rings is 1. The average molecular weight is 231 g/mol. The number of hydrogen-bond acceptors (Lipinski definition) is 2. The Morgan fingerprint density at radius 1 is 1.12 bits per heavy atom. The predicted molar refractivity (Wildman–Crippen MR) is 46.9 cm³/mol. The topological polar surface area (TPSA) is 26.0 Å². The zero-order chi connectivity index (χ0) is 11.8. The highest BCUT2D eigenvalue weighted by molar-refractivity contribution is 5.59. The molecule has 0 saturated carbocycles. The molecule has 0 amide bonds. The minimum absolute atomic E-state index is 0.0262. The Hall–Kier alpha value is -1.85. The molecule has 1 aromatic heterocycles. The van der Waals surface area contributed by atoms with Crippen LogP contribution in [0.3, 0.4) is 0 Å². The lowest BCUT2D eigenvalue weighted by Gasteiger charge is -2.07. The predicted octanol–water partition coefficient (Wildman–Crippen LogP) is 3.50. The first-order chi connectivity index (χ1) is 7.48. The molecule has 0 saturated heterocycles. The van der Waals surface area contributed by atoms with Crippen LogP contribution >= 0.6 is 0 Å². The van der Waals surface area contributed by atoms with Gasteiger partial charge < -0.3 is 4.52 Å². The van der Waals surface area contributed by atoms with Crippen molar-refractivity contribution in [1.29, 1.82) is 0 Å². The van der Waals surface area contributed by atoms with Gasteiger partial charge in [-0.2, -0.15) is 13.2 Å². The molecule has 2 nitrogen and oxygen atoms in total. The number of hydrogen-bond donors (Lipinski definition) is 0. The third-order valence-corrected chi connectivity index (χ3v) is 2.01. The Bertz CT molecular complexity index is 490. The molecule has 2 rings (SSSR count). The fourth-order valence-corrected chi connectivity index (χ4v) is 1.25. The highest BCUT2D eigenvalue weighted by Gasteiger charge is 2.31. The summed E-state index contributed by atoms with van der Waals surface area (Å²) in [6.07, 6.45) is -3.34. The molecule has 0 bridgehead atoms. The van der Waals surface area contributed by atoms with Crippen molar-refractivity contribution in [2.45, 2.75) is 6.18 Å². The smallest absolute Gasteiger partial charge is 0.364 e. The van der Waals surface area contributed by atoms with E-state index >= 15 is 0 Å². The molecule has 1 aromatic carbocycles. The molecule has 0 radical (unpaired) electrons. The summed E-state index contributed by atoms with van der Waals surface area (Å²) in [6.45, 7) is 0. The van der Waals surface area contributed by atoms with Crippen LogP contribution in [0.15, 0.2) is 35.1 Å². The normalized spacial score (nSPS) is 11.8. The van der Waals surface area contributed by atoms with Crippen LogP contribution in [0.4, 0.5) is 17.6 Å². The first-order valence-electron chi connectivity index (χ1n) is 4.26. The van der Waals surface area contributed by atoms with Crippen molar-refractivity contribution in [3.8, 4) is 11.3 Å². The molecular formula is C10H5F4NO. The van der Waals surface area contributed by atoms with Gasteiger partial charge in [0, 0.05) is 11.6 Å². The second-order valence-electron chi connectivity index (χ2n) is 3.08. The second kappa shape index (κ2) is 3.62. The molecule has 0 atom stereocenters. The van der Waals surface area contributed by atoms with Crippen LogP contribution in [0.1, 0.15) is 5.56 Å². The molecule has 0 fully saturated rings. The number of aromatic nitrogens is 1. The molecule has 84 valence electrons. The molecule has 0 unspecified atom stereocenters. The van der Waals surface area contributed by atoms with Gasteiger partial charge in [0.2, 0.25) is 0 Å². The average Bonchev–Trinajstić information content (AvgIpc) is 2.69. The van der Waals surface area contributed by atoms with Gasteiger partial charge in [-0.3, -0.25) is 0 Å². The molecule has 6 heteroatoms. The first-order valence-corrected chi connectivity index (χ1v) is 4.26. The van der Waals surface area contributed by atoms with Crippen molar-refractivity contribution >= 4 is 0 Å². The van der Waals surface area contributed by atoms with Gasteiger partial charge in [0.05, 0.1) is 5.56 Å². The van der Waals surface area contributed by atoms with E-state index in [2.05, 4.69) is 9.68 Å². The van der Waals surface area contributed by atoms with E-state index in [-0.39, 0.29) is 11.3 Å². The molecule has 0 N–H and O–H groups in total. The lowest BCUT2D eigenvalue weighted by molar-refractivity contribution is -0.137. The van der Waals surface area contributed by atoms with Crippen molar-refractivity contribution in [2.24, 2.45) is 0 Å². The minimum Gasteiger partial charge on any atom is -0.364 e. The van der Waals surface area contributed by atoms with Gasteiger partial charge in [-0.25, -0.2) is 4.39 Å². The van der Waals surface area contributed by atoms with Crippen molar-refractivity contribution in [2.75, 3.05) is 0 Å². The molecule has 0 aliphatic rings. The largest absolute Gasteiger partial charge is 0.416 e. The lowest BCUT2D eigenvalue weighted by Crippen LogP contribution is -2.05. The maximum atomic E-state index is 13.4. The number of alkyl halides is 3. The second-order valence-corrected chi connectivity index (χ2v) is 3.08. The van der Waals surface area contributed by atoms with E-state index in [0.29, 0.717) is 6.07 Å². The van der Waals surface area contributed by atoms with Crippen LogP contribution in [0.2, 0.25) is 0 Å². The summed E-state index contributed by atoms with van der Waals surface area (Å²) in [5.74, 6) is -0.983. The molecule has 16 heavy (non-hydrogen) atoms.